The monoisotopic (exact) mass is 456 g/mol. The van der Waals surface area contributed by atoms with E-state index in [1.165, 1.54) is 0 Å². The minimum atomic E-state index is -4.79. The molecule has 0 fully saturated rings. The number of rotatable bonds is 2. The molecule has 4 nitrogen and oxygen atoms in total. The van der Waals surface area contributed by atoms with E-state index in [2.05, 4.69) is 15.9 Å². The van der Waals surface area contributed by atoms with Crippen molar-refractivity contribution >= 4 is 45.2 Å². The summed E-state index contributed by atoms with van der Waals surface area (Å²) in [7, 11) is 0. The standard InChI is InChI=1S/C15H7BrClF5N2O2/c16-6-4-7(15(20,21)22)12(17)10(5-6)23-14(26)24-13(25)11-8(18)2-1-3-9(11)19/h1-5H,(H2,23,24,25,26). The van der Waals surface area contributed by atoms with Gasteiger partial charge in [0, 0.05) is 4.47 Å². The van der Waals surface area contributed by atoms with E-state index in [4.69, 9.17) is 11.6 Å². The molecular formula is C15H7BrClF5N2O2. The summed E-state index contributed by atoms with van der Waals surface area (Å²) < 4.78 is 65.6. The van der Waals surface area contributed by atoms with E-state index in [-0.39, 0.29) is 4.47 Å². The number of anilines is 1. The summed E-state index contributed by atoms with van der Waals surface area (Å²) >= 11 is 8.46. The van der Waals surface area contributed by atoms with E-state index in [1.54, 1.807) is 5.32 Å². The van der Waals surface area contributed by atoms with Crippen LogP contribution < -0.4 is 10.6 Å². The zero-order valence-corrected chi connectivity index (χ0v) is 14.7. The summed E-state index contributed by atoms with van der Waals surface area (Å²) in [5, 5.41) is 2.71. The lowest BCUT2D eigenvalue weighted by molar-refractivity contribution is -0.137. The zero-order chi connectivity index (χ0) is 19.6. The number of imide groups is 1. The number of halogens is 7. The second kappa shape index (κ2) is 7.58. The van der Waals surface area contributed by atoms with Gasteiger partial charge >= 0.3 is 12.2 Å². The fraction of sp³-hybridized carbons (Fsp3) is 0.0667. The summed E-state index contributed by atoms with van der Waals surface area (Å²) in [4.78, 5) is 23.6. The Labute approximate surface area is 156 Å². The van der Waals surface area contributed by atoms with Crippen LogP contribution in [-0.2, 0) is 6.18 Å². The fourth-order valence-corrected chi connectivity index (χ4v) is 2.64. The Balaban J connectivity index is 2.23. The number of carbonyl (C=O) groups is 2. The van der Waals surface area contributed by atoms with Crippen molar-refractivity contribution in [2.75, 3.05) is 5.32 Å². The van der Waals surface area contributed by atoms with Crippen LogP contribution in [0.4, 0.5) is 32.4 Å². The SMILES string of the molecule is O=C(NC(=O)c1c(F)cccc1F)Nc1cc(Br)cc(C(F)(F)F)c1Cl. The maximum Gasteiger partial charge on any atom is 0.417 e. The molecule has 0 atom stereocenters. The molecule has 0 saturated carbocycles. The molecule has 0 radical (unpaired) electrons. The van der Waals surface area contributed by atoms with E-state index in [1.807, 2.05) is 5.32 Å². The number of carbonyl (C=O) groups excluding carboxylic acids is 2. The summed E-state index contributed by atoms with van der Waals surface area (Å²) in [5.74, 6) is -3.84. The third-order valence-electron chi connectivity index (χ3n) is 3.01. The second-order valence-electron chi connectivity index (χ2n) is 4.82. The molecule has 3 amide bonds. The maximum absolute atomic E-state index is 13.5. The summed E-state index contributed by atoms with van der Waals surface area (Å²) in [6.07, 6.45) is -4.79. The second-order valence-corrected chi connectivity index (χ2v) is 6.11. The van der Waals surface area contributed by atoms with Gasteiger partial charge < -0.3 is 5.32 Å². The Bertz CT molecular complexity index is 869. The molecule has 2 aromatic rings. The van der Waals surface area contributed by atoms with Gasteiger partial charge in [-0.25, -0.2) is 13.6 Å². The van der Waals surface area contributed by atoms with Crippen LogP contribution in [0, 0.1) is 11.6 Å². The molecule has 11 heteroatoms. The van der Waals surface area contributed by atoms with Crippen molar-refractivity contribution in [2.45, 2.75) is 6.18 Å². The lowest BCUT2D eigenvalue weighted by atomic mass is 10.2. The third kappa shape index (κ3) is 4.50. The number of hydrogen-bond acceptors (Lipinski definition) is 2. The van der Waals surface area contributed by atoms with Gasteiger partial charge in [0.15, 0.2) is 0 Å². The highest BCUT2D eigenvalue weighted by molar-refractivity contribution is 9.10. The Morgan fingerprint density at radius 3 is 2.19 bits per heavy atom. The van der Waals surface area contributed by atoms with Gasteiger partial charge in [0.1, 0.15) is 17.2 Å². The average molecular weight is 458 g/mol. The molecular weight excluding hydrogens is 451 g/mol. The van der Waals surface area contributed by atoms with Crippen molar-refractivity contribution in [3.63, 3.8) is 0 Å². The predicted octanol–water partition coefficient (Wildman–Crippen LogP) is 5.36. The van der Waals surface area contributed by atoms with Crippen LogP contribution in [0.2, 0.25) is 5.02 Å². The van der Waals surface area contributed by atoms with Crippen LogP contribution in [-0.4, -0.2) is 11.9 Å². The maximum atomic E-state index is 13.5. The van der Waals surface area contributed by atoms with Gasteiger partial charge in [0.05, 0.1) is 16.3 Å². The van der Waals surface area contributed by atoms with Crippen molar-refractivity contribution in [3.05, 3.63) is 62.6 Å². The third-order valence-corrected chi connectivity index (χ3v) is 3.87. The van der Waals surface area contributed by atoms with Crippen LogP contribution in [0.5, 0.6) is 0 Å². The molecule has 0 heterocycles. The van der Waals surface area contributed by atoms with Gasteiger partial charge in [-0.1, -0.05) is 33.6 Å². The van der Waals surface area contributed by atoms with Crippen molar-refractivity contribution in [3.8, 4) is 0 Å². The summed E-state index contributed by atoms with van der Waals surface area (Å²) in [5.41, 5.74) is -2.71. The molecule has 0 aliphatic rings. The largest absolute Gasteiger partial charge is 0.417 e. The van der Waals surface area contributed by atoms with Gasteiger partial charge in [-0.05, 0) is 24.3 Å². The Morgan fingerprint density at radius 1 is 1.08 bits per heavy atom. The highest BCUT2D eigenvalue weighted by Gasteiger charge is 2.35. The molecule has 0 unspecified atom stereocenters. The summed E-state index contributed by atoms with van der Waals surface area (Å²) in [6.45, 7) is 0. The molecule has 2 rings (SSSR count). The zero-order valence-electron chi connectivity index (χ0n) is 12.3. The van der Waals surface area contributed by atoms with Crippen LogP contribution in [0.25, 0.3) is 0 Å². The number of hydrogen-bond donors (Lipinski definition) is 2. The molecule has 0 bridgehead atoms. The van der Waals surface area contributed by atoms with Gasteiger partial charge in [0.2, 0.25) is 0 Å². The minimum absolute atomic E-state index is 0.0454. The van der Waals surface area contributed by atoms with Gasteiger partial charge in [-0.3, -0.25) is 10.1 Å². The van der Waals surface area contributed by atoms with Crippen molar-refractivity contribution in [2.24, 2.45) is 0 Å². The Kier molecular flexibility index (Phi) is 5.87. The average Bonchev–Trinajstić information content (AvgIpc) is 2.49. The van der Waals surface area contributed by atoms with E-state index in [9.17, 15) is 31.5 Å². The predicted molar refractivity (Wildman–Crippen MR) is 87.0 cm³/mol. The van der Waals surface area contributed by atoms with E-state index >= 15 is 0 Å². The molecule has 0 aromatic heterocycles. The molecule has 2 N–H and O–H groups in total. The van der Waals surface area contributed by atoms with Crippen LogP contribution in [0.1, 0.15) is 15.9 Å². The molecule has 0 aliphatic carbocycles. The van der Waals surface area contributed by atoms with Crippen molar-refractivity contribution < 1.29 is 31.5 Å². The van der Waals surface area contributed by atoms with E-state index in [0.29, 0.717) is 6.07 Å². The first-order valence-electron chi connectivity index (χ1n) is 6.63. The number of alkyl halides is 3. The minimum Gasteiger partial charge on any atom is -0.306 e. The number of urea groups is 1. The van der Waals surface area contributed by atoms with Crippen LogP contribution in [0.3, 0.4) is 0 Å². The van der Waals surface area contributed by atoms with Gasteiger partial charge in [0.25, 0.3) is 5.91 Å². The van der Waals surface area contributed by atoms with E-state index in [0.717, 1.165) is 24.3 Å². The summed E-state index contributed by atoms with van der Waals surface area (Å²) in [6, 6.07) is 3.05. The number of benzene rings is 2. The Hall–Kier alpha value is -2.20. The van der Waals surface area contributed by atoms with Crippen molar-refractivity contribution in [1.82, 2.24) is 5.32 Å². The lowest BCUT2D eigenvalue weighted by Gasteiger charge is -2.14. The fourth-order valence-electron chi connectivity index (χ4n) is 1.92. The molecule has 0 aliphatic heterocycles. The normalized spacial score (nSPS) is 11.2. The van der Waals surface area contributed by atoms with Crippen LogP contribution in [0.15, 0.2) is 34.8 Å². The highest BCUT2D eigenvalue weighted by atomic mass is 79.9. The van der Waals surface area contributed by atoms with Crippen LogP contribution >= 0.6 is 27.5 Å². The Morgan fingerprint density at radius 2 is 1.65 bits per heavy atom. The molecule has 0 spiro atoms. The first kappa shape index (κ1) is 20.1. The first-order valence-corrected chi connectivity index (χ1v) is 7.80. The van der Waals surface area contributed by atoms with E-state index < -0.39 is 51.6 Å². The number of nitrogens with one attached hydrogen (secondary N) is 2. The van der Waals surface area contributed by atoms with Crippen molar-refractivity contribution in [1.29, 1.82) is 0 Å². The topological polar surface area (TPSA) is 58.2 Å². The lowest BCUT2D eigenvalue weighted by Crippen LogP contribution is -2.35. The number of amides is 3. The first-order chi connectivity index (χ1) is 12.0. The van der Waals surface area contributed by atoms with Gasteiger partial charge in [-0.15, -0.1) is 0 Å². The molecule has 0 saturated heterocycles. The molecule has 26 heavy (non-hydrogen) atoms. The highest BCUT2D eigenvalue weighted by Crippen LogP contribution is 2.40. The smallest absolute Gasteiger partial charge is 0.306 e. The quantitative estimate of drug-likeness (QED) is 0.597. The molecule has 2 aromatic carbocycles. The molecule has 138 valence electrons. The van der Waals surface area contributed by atoms with Gasteiger partial charge in [-0.2, -0.15) is 13.2 Å².